The van der Waals surface area contributed by atoms with E-state index in [4.69, 9.17) is 14.7 Å². The van der Waals surface area contributed by atoms with Crippen LogP contribution in [-0.4, -0.2) is 40.3 Å². The van der Waals surface area contributed by atoms with Gasteiger partial charge in [-0.1, -0.05) is 6.92 Å². The minimum atomic E-state index is -0.613. The number of rotatable bonds is 2. The molecule has 0 aromatic rings. The Hall–Kier alpha value is -0.670. The van der Waals surface area contributed by atoms with Crippen molar-refractivity contribution in [3.8, 4) is 6.07 Å². The molecule has 90 valence electrons. The third kappa shape index (κ3) is 1.72. The fraction of sp³-hybridized carbons (Fsp3) is 0.909. The largest absolute Gasteiger partial charge is 0.343 e. The molecule has 2 fully saturated rings. The van der Waals surface area contributed by atoms with Gasteiger partial charge in [0.05, 0.1) is 24.6 Å². The van der Waals surface area contributed by atoms with Crippen molar-refractivity contribution >= 4 is 0 Å². The molecular weight excluding hydrogens is 208 g/mol. The first-order chi connectivity index (χ1) is 7.50. The van der Waals surface area contributed by atoms with Gasteiger partial charge in [-0.15, -0.1) is 0 Å². The summed E-state index contributed by atoms with van der Waals surface area (Å²) in [6.45, 7) is 5.72. The molecular formula is C11H18N2O3. The molecule has 0 bridgehead atoms. The molecule has 5 heteroatoms. The summed E-state index contributed by atoms with van der Waals surface area (Å²) in [5.74, 6) is -0.613. The number of hydrogen-bond acceptors (Lipinski definition) is 5. The Kier molecular flexibility index (Phi) is 2.93. The van der Waals surface area contributed by atoms with Crippen molar-refractivity contribution in [2.45, 2.75) is 63.7 Å². The lowest BCUT2D eigenvalue weighted by Gasteiger charge is -2.28. The van der Waals surface area contributed by atoms with Gasteiger partial charge in [-0.3, -0.25) is 0 Å². The lowest BCUT2D eigenvalue weighted by molar-refractivity contribution is -0.215. The molecule has 16 heavy (non-hydrogen) atoms. The highest BCUT2D eigenvalue weighted by Gasteiger charge is 2.56. The summed E-state index contributed by atoms with van der Waals surface area (Å²) in [5.41, 5.74) is 0. The summed E-state index contributed by atoms with van der Waals surface area (Å²) >= 11 is 0. The van der Waals surface area contributed by atoms with Gasteiger partial charge in [-0.25, -0.2) is 0 Å². The molecule has 1 unspecified atom stereocenters. The second-order valence-corrected chi connectivity index (χ2v) is 4.85. The molecule has 2 aliphatic rings. The monoisotopic (exact) mass is 226 g/mol. The van der Waals surface area contributed by atoms with Gasteiger partial charge in [0.15, 0.2) is 5.79 Å². The summed E-state index contributed by atoms with van der Waals surface area (Å²) in [6.07, 6.45) is 0.695. The second-order valence-electron chi connectivity index (χ2n) is 4.85. The van der Waals surface area contributed by atoms with Crippen LogP contribution in [0, 0.1) is 11.3 Å². The van der Waals surface area contributed by atoms with E-state index >= 15 is 0 Å². The van der Waals surface area contributed by atoms with Crippen molar-refractivity contribution < 1.29 is 14.7 Å². The molecule has 1 N–H and O–H groups in total. The number of hydrogen-bond donors (Lipinski definition) is 1. The minimum Gasteiger partial charge on any atom is -0.343 e. The van der Waals surface area contributed by atoms with E-state index in [9.17, 15) is 5.21 Å². The Balaban J connectivity index is 2.21. The standard InChI is InChI=1S/C11H18N2O3/c1-4-7-9-10(16-11(2,3)15-9)8(5-6-12)13(7)14/h7-10,14H,4-5H2,1-3H3/t7-,8?,9-,10+/m1/s1. The van der Waals surface area contributed by atoms with Crippen LogP contribution < -0.4 is 0 Å². The lowest BCUT2D eigenvalue weighted by atomic mass is 10.1. The van der Waals surface area contributed by atoms with Crippen molar-refractivity contribution in [3.63, 3.8) is 0 Å². The van der Waals surface area contributed by atoms with E-state index in [1.165, 1.54) is 5.06 Å². The van der Waals surface area contributed by atoms with Crippen molar-refractivity contribution in [2.24, 2.45) is 0 Å². The predicted molar refractivity (Wildman–Crippen MR) is 55.5 cm³/mol. The van der Waals surface area contributed by atoms with Crippen LogP contribution >= 0.6 is 0 Å². The zero-order valence-electron chi connectivity index (χ0n) is 9.88. The lowest BCUT2D eigenvalue weighted by Crippen LogP contribution is -2.40. The van der Waals surface area contributed by atoms with Crippen LogP contribution in [0.1, 0.15) is 33.6 Å². The minimum absolute atomic E-state index is 0.0786. The van der Waals surface area contributed by atoms with Gasteiger partial charge < -0.3 is 14.7 Å². The normalized spacial score (nSPS) is 41.9. The smallest absolute Gasteiger partial charge is 0.163 e. The predicted octanol–water partition coefficient (Wildman–Crippen LogP) is 1.27. The van der Waals surface area contributed by atoms with Crippen molar-refractivity contribution in [1.29, 1.82) is 5.26 Å². The Morgan fingerprint density at radius 3 is 2.38 bits per heavy atom. The maximum absolute atomic E-state index is 9.98. The second kappa shape index (κ2) is 3.97. The zero-order chi connectivity index (χ0) is 11.9. The highest BCUT2D eigenvalue weighted by Crippen LogP contribution is 2.41. The van der Waals surface area contributed by atoms with E-state index in [0.29, 0.717) is 0 Å². The van der Waals surface area contributed by atoms with E-state index in [2.05, 4.69) is 6.07 Å². The number of nitrogens with zero attached hydrogens (tertiary/aromatic N) is 2. The van der Waals surface area contributed by atoms with Gasteiger partial charge in [-0.2, -0.15) is 10.3 Å². The molecule has 0 aromatic carbocycles. The fourth-order valence-electron chi connectivity index (χ4n) is 2.68. The van der Waals surface area contributed by atoms with E-state index in [0.717, 1.165) is 6.42 Å². The van der Waals surface area contributed by atoms with Gasteiger partial charge in [0.2, 0.25) is 0 Å². The molecule has 0 spiro atoms. The highest BCUT2D eigenvalue weighted by atomic mass is 16.8. The summed E-state index contributed by atoms with van der Waals surface area (Å²) in [6, 6.07) is 1.73. The van der Waals surface area contributed by atoms with Gasteiger partial charge in [-0.05, 0) is 20.3 Å². The topological polar surface area (TPSA) is 65.7 Å². The molecule has 2 saturated heterocycles. The molecule has 0 amide bonds. The summed E-state index contributed by atoms with van der Waals surface area (Å²) in [5, 5.41) is 20.0. The molecule has 2 rings (SSSR count). The fourth-order valence-corrected chi connectivity index (χ4v) is 2.68. The average molecular weight is 226 g/mol. The van der Waals surface area contributed by atoms with Gasteiger partial charge >= 0.3 is 0 Å². The Bertz CT molecular complexity index is 313. The molecule has 0 radical (unpaired) electrons. The number of nitriles is 1. The first-order valence-corrected chi connectivity index (χ1v) is 5.70. The van der Waals surface area contributed by atoms with Crippen LogP contribution in [0.4, 0.5) is 0 Å². The number of hydroxylamine groups is 2. The molecule has 2 heterocycles. The third-order valence-corrected chi connectivity index (χ3v) is 3.32. The van der Waals surface area contributed by atoms with Crippen LogP contribution in [0.2, 0.25) is 0 Å². The van der Waals surface area contributed by atoms with Crippen LogP contribution in [0.15, 0.2) is 0 Å². The van der Waals surface area contributed by atoms with Crippen LogP contribution in [0.3, 0.4) is 0 Å². The molecule has 2 aliphatic heterocycles. The Morgan fingerprint density at radius 1 is 1.31 bits per heavy atom. The Labute approximate surface area is 95.5 Å². The highest BCUT2D eigenvalue weighted by molar-refractivity contribution is 5.05. The van der Waals surface area contributed by atoms with Crippen molar-refractivity contribution in [1.82, 2.24) is 5.06 Å². The van der Waals surface area contributed by atoms with E-state index in [1.807, 2.05) is 20.8 Å². The molecule has 0 saturated carbocycles. The SMILES string of the molecule is CC[C@@H]1[C@H]2OC(C)(C)O[C@H]2C(CC#N)N1O. The summed E-state index contributed by atoms with van der Waals surface area (Å²) < 4.78 is 11.6. The molecule has 4 atom stereocenters. The Morgan fingerprint density at radius 2 is 1.88 bits per heavy atom. The van der Waals surface area contributed by atoms with Crippen molar-refractivity contribution in [3.05, 3.63) is 0 Å². The average Bonchev–Trinajstić information content (AvgIpc) is 2.61. The maximum atomic E-state index is 9.98. The van der Waals surface area contributed by atoms with Crippen LogP contribution in [0.5, 0.6) is 0 Å². The summed E-state index contributed by atoms with van der Waals surface area (Å²) in [4.78, 5) is 0. The zero-order valence-corrected chi connectivity index (χ0v) is 9.88. The molecule has 0 aliphatic carbocycles. The van der Waals surface area contributed by atoms with Gasteiger partial charge in [0.25, 0.3) is 0 Å². The van der Waals surface area contributed by atoms with Crippen LogP contribution in [-0.2, 0) is 9.47 Å². The number of fused-ring (bicyclic) bond motifs is 1. The molecule has 5 nitrogen and oxygen atoms in total. The van der Waals surface area contributed by atoms with Crippen molar-refractivity contribution in [2.75, 3.05) is 0 Å². The maximum Gasteiger partial charge on any atom is 0.163 e. The molecule has 0 aromatic heterocycles. The van der Waals surface area contributed by atoms with Gasteiger partial charge in [0, 0.05) is 0 Å². The first kappa shape index (κ1) is 11.8. The van der Waals surface area contributed by atoms with E-state index < -0.39 is 5.79 Å². The summed E-state index contributed by atoms with van der Waals surface area (Å²) in [7, 11) is 0. The van der Waals surface area contributed by atoms with E-state index in [1.54, 1.807) is 0 Å². The van der Waals surface area contributed by atoms with E-state index in [-0.39, 0.29) is 30.7 Å². The quantitative estimate of drug-likeness (QED) is 0.768. The van der Waals surface area contributed by atoms with Crippen LogP contribution in [0.25, 0.3) is 0 Å². The number of ether oxygens (including phenoxy) is 2. The first-order valence-electron chi connectivity index (χ1n) is 5.70. The third-order valence-electron chi connectivity index (χ3n) is 3.32. The van der Waals surface area contributed by atoms with Gasteiger partial charge in [0.1, 0.15) is 12.2 Å².